The van der Waals surface area contributed by atoms with Crippen molar-refractivity contribution < 1.29 is 21.6 Å². The molecule has 1 fully saturated rings. The molecule has 1 heterocycles. The smallest absolute Gasteiger partial charge is 0.246 e. The topological polar surface area (TPSA) is 92.8 Å². The highest BCUT2D eigenvalue weighted by atomic mass is 32.2. The molecule has 1 aliphatic heterocycles. The van der Waals surface area contributed by atoms with Crippen LogP contribution >= 0.6 is 0 Å². The maximum atomic E-state index is 12.7. The fourth-order valence-electron chi connectivity index (χ4n) is 2.33. The molecule has 1 aromatic rings. The summed E-state index contributed by atoms with van der Waals surface area (Å²) < 4.78 is 57.2. The Morgan fingerprint density at radius 3 is 2.36 bits per heavy atom. The van der Waals surface area contributed by atoms with E-state index in [1.807, 2.05) is 0 Å². The van der Waals surface area contributed by atoms with Gasteiger partial charge < -0.3 is 4.74 Å². The number of hydrogen-bond donors (Lipinski definition) is 1. The van der Waals surface area contributed by atoms with Crippen LogP contribution in [0.1, 0.15) is 19.8 Å². The Bertz CT molecular complexity index is 738. The van der Waals surface area contributed by atoms with Crippen LogP contribution in [0.25, 0.3) is 0 Å². The molecular formula is C13H20N2O5S2. The zero-order valence-electron chi connectivity index (χ0n) is 12.6. The summed E-state index contributed by atoms with van der Waals surface area (Å²) in [4.78, 5) is -0.00935. The normalized spacial score (nSPS) is 16.6. The SMILES string of the molecule is CCOc1ccc(NS(C)(=O)=O)cc1S(=O)(=O)N1CCCC1. The maximum absolute atomic E-state index is 12.7. The van der Waals surface area contributed by atoms with E-state index in [0.29, 0.717) is 19.7 Å². The van der Waals surface area contributed by atoms with E-state index >= 15 is 0 Å². The summed E-state index contributed by atoms with van der Waals surface area (Å²) >= 11 is 0. The number of benzene rings is 1. The molecule has 1 saturated heterocycles. The molecule has 124 valence electrons. The summed E-state index contributed by atoms with van der Waals surface area (Å²) in [6.45, 7) is 3.02. The molecule has 0 saturated carbocycles. The lowest BCUT2D eigenvalue weighted by Gasteiger charge is -2.19. The van der Waals surface area contributed by atoms with Crippen molar-refractivity contribution in [2.24, 2.45) is 0 Å². The summed E-state index contributed by atoms with van der Waals surface area (Å²) in [6.07, 6.45) is 2.66. The van der Waals surface area contributed by atoms with Gasteiger partial charge in [-0.2, -0.15) is 4.31 Å². The van der Waals surface area contributed by atoms with E-state index in [1.165, 1.54) is 22.5 Å². The Labute approximate surface area is 131 Å². The second-order valence-corrected chi connectivity index (χ2v) is 8.73. The van der Waals surface area contributed by atoms with E-state index < -0.39 is 20.0 Å². The van der Waals surface area contributed by atoms with E-state index in [-0.39, 0.29) is 16.3 Å². The number of nitrogens with zero attached hydrogens (tertiary/aromatic N) is 1. The zero-order valence-corrected chi connectivity index (χ0v) is 14.2. The number of nitrogens with one attached hydrogen (secondary N) is 1. The minimum Gasteiger partial charge on any atom is -0.492 e. The monoisotopic (exact) mass is 348 g/mol. The van der Waals surface area contributed by atoms with Gasteiger partial charge in [-0.3, -0.25) is 4.72 Å². The zero-order chi connectivity index (χ0) is 16.4. The van der Waals surface area contributed by atoms with Crippen molar-refractivity contribution in [2.45, 2.75) is 24.7 Å². The van der Waals surface area contributed by atoms with E-state index in [9.17, 15) is 16.8 Å². The summed E-state index contributed by atoms with van der Waals surface area (Å²) in [5.74, 6) is 0.230. The molecule has 2 rings (SSSR count). The first kappa shape index (κ1) is 17.0. The third kappa shape index (κ3) is 3.90. The van der Waals surface area contributed by atoms with Crippen LogP contribution in [0.4, 0.5) is 5.69 Å². The van der Waals surface area contributed by atoms with Crippen LogP contribution in [-0.2, 0) is 20.0 Å². The van der Waals surface area contributed by atoms with Crippen molar-refractivity contribution in [3.63, 3.8) is 0 Å². The molecule has 0 aromatic heterocycles. The maximum Gasteiger partial charge on any atom is 0.246 e. The van der Waals surface area contributed by atoms with Crippen LogP contribution in [0.2, 0.25) is 0 Å². The first-order chi connectivity index (χ1) is 10.2. The molecule has 0 aliphatic carbocycles. The first-order valence-electron chi connectivity index (χ1n) is 6.99. The molecule has 22 heavy (non-hydrogen) atoms. The van der Waals surface area contributed by atoms with Crippen LogP contribution in [0.15, 0.2) is 23.1 Å². The highest BCUT2D eigenvalue weighted by Crippen LogP contribution is 2.31. The molecule has 0 amide bonds. The van der Waals surface area contributed by atoms with Crippen molar-refractivity contribution in [2.75, 3.05) is 30.7 Å². The van der Waals surface area contributed by atoms with Gasteiger partial charge in [0.2, 0.25) is 20.0 Å². The van der Waals surface area contributed by atoms with Gasteiger partial charge in [0, 0.05) is 13.1 Å². The number of sulfonamides is 2. The standard InChI is InChI=1S/C13H20N2O5S2/c1-3-20-12-7-6-11(14-21(2,16)17)10-13(12)22(18,19)15-8-4-5-9-15/h6-7,10,14H,3-5,8-9H2,1-2H3. The van der Waals surface area contributed by atoms with E-state index in [2.05, 4.69) is 4.72 Å². The molecule has 1 aromatic carbocycles. The van der Waals surface area contributed by atoms with Gasteiger partial charge in [0.1, 0.15) is 10.6 Å². The van der Waals surface area contributed by atoms with Crippen molar-refractivity contribution in [3.05, 3.63) is 18.2 Å². The molecule has 1 aliphatic rings. The van der Waals surface area contributed by atoms with Crippen LogP contribution in [0.5, 0.6) is 5.75 Å². The lowest BCUT2D eigenvalue weighted by Crippen LogP contribution is -2.28. The summed E-state index contributed by atoms with van der Waals surface area (Å²) in [5, 5.41) is 0. The second kappa shape index (κ2) is 6.43. The van der Waals surface area contributed by atoms with Crippen molar-refractivity contribution in [1.82, 2.24) is 4.31 Å². The predicted molar refractivity (Wildman–Crippen MR) is 84.1 cm³/mol. The predicted octanol–water partition coefficient (Wildman–Crippen LogP) is 1.24. The molecular weight excluding hydrogens is 328 g/mol. The van der Waals surface area contributed by atoms with Crippen LogP contribution in [0.3, 0.4) is 0 Å². The number of ether oxygens (including phenoxy) is 1. The fraction of sp³-hybridized carbons (Fsp3) is 0.538. The molecule has 0 unspecified atom stereocenters. The first-order valence-corrected chi connectivity index (χ1v) is 10.3. The summed E-state index contributed by atoms with van der Waals surface area (Å²) in [6, 6.07) is 4.26. The number of anilines is 1. The van der Waals surface area contributed by atoms with Gasteiger partial charge in [-0.1, -0.05) is 0 Å². The fourth-order valence-corrected chi connectivity index (χ4v) is 4.56. The molecule has 0 bridgehead atoms. The lowest BCUT2D eigenvalue weighted by atomic mass is 10.3. The second-order valence-electron chi connectivity index (χ2n) is 5.08. The van der Waals surface area contributed by atoms with Crippen molar-refractivity contribution >= 4 is 25.7 Å². The molecule has 0 radical (unpaired) electrons. The van der Waals surface area contributed by atoms with Gasteiger partial charge in [-0.05, 0) is 38.0 Å². The Morgan fingerprint density at radius 2 is 1.82 bits per heavy atom. The van der Waals surface area contributed by atoms with Gasteiger partial charge in [0.25, 0.3) is 0 Å². The van der Waals surface area contributed by atoms with Gasteiger partial charge >= 0.3 is 0 Å². The highest BCUT2D eigenvalue weighted by Gasteiger charge is 2.30. The van der Waals surface area contributed by atoms with Crippen LogP contribution in [0, 0.1) is 0 Å². The van der Waals surface area contributed by atoms with Gasteiger partial charge in [-0.15, -0.1) is 0 Å². The minimum absolute atomic E-state index is 0.00935. The summed E-state index contributed by atoms with van der Waals surface area (Å²) in [7, 11) is -7.18. The van der Waals surface area contributed by atoms with Crippen molar-refractivity contribution in [1.29, 1.82) is 0 Å². The average Bonchev–Trinajstić information content (AvgIpc) is 2.93. The van der Waals surface area contributed by atoms with E-state index in [1.54, 1.807) is 6.92 Å². The average molecular weight is 348 g/mol. The Balaban J connectivity index is 2.47. The third-order valence-electron chi connectivity index (χ3n) is 3.23. The molecule has 0 spiro atoms. The minimum atomic E-state index is -3.70. The van der Waals surface area contributed by atoms with Crippen LogP contribution < -0.4 is 9.46 Å². The Morgan fingerprint density at radius 1 is 1.18 bits per heavy atom. The Hall–Kier alpha value is -1.32. The van der Waals surface area contributed by atoms with Crippen LogP contribution in [-0.4, -0.2) is 47.1 Å². The van der Waals surface area contributed by atoms with Gasteiger partial charge in [0.05, 0.1) is 18.6 Å². The number of rotatable bonds is 6. The third-order valence-corrected chi connectivity index (χ3v) is 5.76. The largest absolute Gasteiger partial charge is 0.492 e. The summed E-state index contributed by atoms with van der Waals surface area (Å²) in [5.41, 5.74) is 0.198. The van der Waals surface area contributed by atoms with Gasteiger partial charge in [-0.25, -0.2) is 16.8 Å². The van der Waals surface area contributed by atoms with Crippen molar-refractivity contribution in [3.8, 4) is 5.75 Å². The van der Waals surface area contributed by atoms with E-state index in [0.717, 1.165) is 19.1 Å². The molecule has 0 atom stereocenters. The van der Waals surface area contributed by atoms with E-state index in [4.69, 9.17) is 4.74 Å². The quantitative estimate of drug-likeness (QED) is 0.835. The molecule has 1 N–H and O–H groups in total. The lowest BCUT2D eigenvalue weighted by molar-refractivity contribution is 0.330. The van der Waals surface area contributed by atoms with Gasteiger partial charge in [0.15, 0.2) is 0 Å². The Kier molecular flexibility index (Phi) is 4.98. The number of hydrogen-bond acceptors (Lipinski definition) is 5. The highest BCUT2D eigenvalue weighted by molar-refractivity contribution is 7.92. The molecule has 9 heteroatoms. The molecule has 7 nitrogen and oxygen atoms in total.